The second-order valence-corrected chi connectivity index (χ2v) is 6.03. The van der Waals surface area contributed by atoms with Crippen LogP contribution < -0.4 is 5.32 Å². The molecule has 1 aliphatic carbocycles. The summed E-state index contributed by atoms with van der Waals surface area (Å²) in [7, 11) is 0. The van der Waals surface area contributed by atoms with Gasteiger partial charge in [-0.3, -0.25) is 4.79 Å². The Hall–Kier alpha value is -0.570. The van der Waals surface area contributed by atoms with Crippen LogP contribution >= 0.6 is 0 Å². The zero-order chi connectivity index (χ0) is 13.0. The molecule has 1 heterocycles. The van der Waals surface area contributed by atoms with Gasteiger partial charge in [0.15, 0.2) is 0 Å². The van der Waals surface area contributed by atoms with E-state index in [0.29, 0.717) is 24.3 Å². The average molecular weight is 252 g/mol. The number of carbonyl (C=O) groups is 1. The molecule has 0 radical (unpaired) electrons. The molecule has 18 heavy (non-hydrogen) atoms. The van der Waals surface area contributed by atoms with Gasteiger partial charge in [0.1, 0.15) is 0 Å². The molecule has 1 N–H and O–H groups in total. The third-order valence-electron chi connectivity index (χ3n) is 4.21. The molecule has 2 unspecified atom stereocenters. The van der Waals surface area contributed by atoms with Gasteiger partial charge in [-0.05, 0) is 31.6 Å². The predicted molar refractivity (Wildman–Crippen MR) is 74.4 cm³/mol. The van der Waals surface area contributed by atoms with Crippen LogP contribution in [0.25, 0.3) is 0 Å². The van der Waals surface area contributed by atoms with Crippen LogP contribution in [0.4, 0.5) is 0 Å². The Morgan fingerprint density at radius 2 is 2.00 bits per heavy atom. The van der Waals surface area contributed by atoms with Gasteiger partial charge in [0.25, 0.3) is 0 Å². The molecule has 0 aromatic carbocycles. The van der Waals surface area contributed by atoms with Crippen molar-refractivity contribution < 1.29 is 4.79 Å². The van der Waals surface area contributed by atoms with Crippen molar-refractivity contribution in [2.45, 2.75) is 70.9 Å². The summed E-state index contributed by atoms with van der Waals surface area (Å²) in [5.74, 6) is 1.05. The molecule has 3 heteroatoms. The zero-order valence-electron chi connectivity index (χ0n) is 12.0. The van der Waals surface area contributed by atoms with E-state index in [9.17, 15) is 4.79 Å². The first-order valence-electron chi connectivity index (χ1n) is 7.76. The van der Waals surface area contributed by atoms with Crippen LogP contribution in [0.15, 0.2) is 0 Å². The van der Waals surface area contributed by atoms with E-state index in [0.717, 1.165) is 19.1 Å². The molecular formula is C15H28N2O. The fourth-order valence-corrected chi connectivity index (χ4v) is 3.04. The standard InChI is InChI=1S/C15H28N2O/c1-3-5-6-12-9-14(16-13-7-8-13)11-17(10-12)15(18)4-2/h12-14,16H,3-11H2,1-2H3. The SMILES string of the molecule is CCCCC1CC(NC2CC2)CN(C(=O)CC)C1. The molecule has 0 aromatic rings. The predicted octanol–water partition coefficient (Wildman–Crippen LogP) is 2.56. The molecule has 1 aliphatic heterocycles. The topological polar surface area (TPSA) is 32.3 Å². The van der Waals surface area contributed by atoms with Crippen LogP contribution in [0.1, 0.15) is 58.8 Å². The molecule has 0 aromatic heterocycles. The van der Waals surface area contributed by atoms with E-state index in [4.69, 9.17) is 0 Å². The van der Waals surface area contributed by atoms with Crippen LogP contribution in [0, 0.1) is 5.92 Å². The lowest BCUT2D eigenvalue weighted by Gasteiger charge is -2.38. The van der Waals surface area contributed by atoms with Gasteiger partial charge < -0.3 is 10.2 Å². The summed E-state index contributed by atoms with van der Waals surface area (Å²) in [5, 5.41) is 3.71. The average Bonchev–Trinajstić information content (AvgIpc) is 3.19. The molecule has 2 atom stereocenters. The minimum absolute atomic E-state index is 0.332. The van der Waals surface area contributed by atoms with Crippen molar-refractivity contribution in [2.75, 3.05) is 13.1 Å². The van der Waals surface area contributed by atoms with Crippen LogP contribution in [0.2, 0.25) is 0 Å². The molecule has 2 fully saturated rings. The third-order valence-corrected chi connectivity index (χ3v) is 4.21. The molecule has 0 bridgehead atoms. The summed E-state index contributed by atoms with van der Waals surface area (Å²) in [6.07, 6.45) is 8.43. The number of amides is 1. The molecule has 104 valence electrons. The quantitative estimate of drug-likeness (QED) is 0.788. The number of unbranched alkanes of at least 4 members (excludes halogenated alkanes) is 1. The second kappa shape index (κ2) is 6.55. The van der Waals surface area contributed by atoms with Crippen LogP contribution in [-0.2, 0) is 4.79 Å². The molecule has 2 rings (SSSR count). The van der Waals surface area contributed by atoms with Crippen LogP contribution in [0.3, 0.4) is 0 Å². The van der Waals surface area contributed by atoms with Crippen molar-refractivity contribution in [3.63, 3.8) is 0 Å². The van der Waals surface area contributed by atoms with Crippen molar-refractivity contribution >= 4 is 5.91 Å². The second-order valence-electron chi connectivity index (χ2n) is 6.03. The highest BCUT2D eigenvalue weighted by Gasteiger charge is 2.32. The lowest BCUT2D eigenvalue weighted by molar-refractivity contribution is -0.133. The summed E-state index contributed by atoms with van der Waals surface area (Å²) < 4.78 is 0. The van der Waals surface area contributed by atoms with E-state index in [2.05, 4.69) is 17.1 Å². The highest BCUT2D eigenvalue weighted by Crippen LogP contribution is 2.26. The van der Waals surface area contributed by atoms with Gasteiger partial charge in [0, 0.05) is 31.6 Å². The molecule has 1 saturated heterocycles. The summed E-state index contributed by atoms with van der Waals surface area (Å²) in [6.45, 7) is 6.15. The minimum Gasteiger partial charge on any atom is -0.341 e. The molecule has 2 aliphatic rings. The maximum atomic E-state index is 11.9. The fraction of sp³-hybridized carbons (Fsp3) is 0.933. The Morgan fingerprint density at radius 3 is 2.61 bits per heavy atom. The monoisotopic (exact) mass is 252 g/mol. The number of likely N-dealkylation sites (tertiary alicyclic amines) is 1. The van der Waals surface area contributed by atoms with Crippen molar-refractivity contribution in [1.29, 1.82) is 0 Å². The van der Waals surface area contributed by atoms with Gasteiger partial charge in [-0.1, -0.05) is 26.7 Å². The van der Waals surface area contributed by atoms with Crippen molar-refractivity contribution in [2.24, 2.45) is 5.92 Å². The van der Waals surface area contributed by atoms with Crippen molar-refractivity contribution in [3.05, 3.63) is 0 Å². The largest absolute Gasteiger partial charge is 0.341 e. The van der Waals surface area contributed by atoms with E-state index in [1.807, 2.05) is 6.92 Å². The lowest BCUT2D eigenvalue weighted by Crippen LogP contribution is -2.51. The van der Waals surface area contributed by atoms with E-state index >= 15 is 0 Å². The van der Waals surface area contributed by atoms with Gasteiger partial charge in [-0.15, -0.1) is 0 Å². The summed E-state index contributed by atoms with van der Waals surface area (Å²) in [6, 6.07) is 1.29. The van der Waals surface area contributed by atoms with Gasteiger partial charge in [-0.25, -0.2) is 0 Å². The maximum Gasteiger partial charge on any atom is 0.222 e. The molecular weight excluding hydrogens is 224 g/mol. The Labute approximate surface area is 111 Å². The number of nitrogens with zero attached hydrogens (tertiary/aromatic N) is 1. The molecule has 0 spiro atoms. The fourth-order valence-electron chi connectivity index (χ4n) is 3.04. The number of piperidine rings is 1. The molecule has 1 saturated carbocycles. The van der Waals surface area contributed by atoms with E-state index < -0.39 is 0 Å². The highest BCUT2D eigenvalue weighted by atomic mass is 16.2. The lowest BCUT2D eigenvalue weighted by atomic mass is 9.89. The van der Waals surface area contributed by atoms with Gasteiger partial charge >= 0.3 is 0 Å². The minimum atomic E-state index is 0.332. The van der Waals surface area contributed by atoms with Crippen LogP contribution in [0.5, 0.6) is 0 Å². The summed E-state index contributed by atoms with van der Waals surface area (Å²) in [4.78, 5) is 14.0. The highest BCUT2D eigenvalue weighted by molar-refractivity contribution is 5.76. The van der Waals surface area contributed by atoms with E-state index in [-0.39, 0.29) is 0 Å². The Morgan fingerprint density at radius 1 is 1.22 bits per heavy atom. The number of nitrogens with one attached hydrogen (secondary N) is 1. The Kier molecular flexibility index (Phi) is 5.04. The van der Waals surface area contributed by atoms with Gasteiger partial charge in [0.2, 0.25) is 5.91 Å². The van der Waals surface area contributed by atoms with Crippen molar-refractivity contribution in [3.8, 4) is 0 Å². The van der Waals surface area contributed by atoms with Crippen molar-refractivity contribution in [1.82, 2.24) is 10.2 Å². The number of hydrogen-bond acceptors (Lipinski definition) is 2. The van der Waals surface area contributed by atoms with Gasteiger partial charge in [-0.2, -0.15) is 0 Å². The number of hydrogen-bond donors (Lipinski definition) is 1. The van der Waals surface area contributed by atoms with Gasteiger partial charge in [0.05, 0.1) is 0 Å². The maximum absolute atomic E-state index is 11.9. The summed E-state index contributed by atoms with van der Waals surface area (Å²) >= 11 is 0. The number of rotatable bonds is 6. The smallest absolute Gasteiger partial charge is 0.222 e. The van der Waals surface area contributed by atoms with Crippen LogP contribution in [-0.4, -0.2) is 36.0 Å². The Balaban J connectivity index is 1.88. The molecule has 3 nitrogen and oxygen atoms in total. The first kappa shape index (κ1) is 13.9. The first-order valence-corrected chi connectivity index (χ1v) is 7.76. The zero-order valence-corrected chi connectivity index (χ0v) is 12.0. The first-order chi connectivity index (χ1) is 8.72. The Bertz CT molecular complexity index is 276. The normalized spacial score (nSPS) is 28.4. The van der Waals surface area contributed by atoms with E-state index in [1.165, 1.54) is 38.5 Å². The molecule has 1 amide bonds. The summed E-state index contributed by atoms with van der Waals surface area (Å²) in [5.41, 5.74) is 0. The van der Waals surface area contributed by atoms with E-state index in [1.54, 1.807) is 0 Å². The third kappa shape index (κ3) is 3.98. The number of carbonyl (C=O) groups excluding carboxylic acids is 1.